The maximum atomic E-state index is 3.14. The van der Waals surface area contributed by atoms with Crippen LogP contribution >= 0.6 is 0 Å². The van der Waals surface area contributed by atoms with Gasteiger partial charge in [-0.05, 0) is 650 Å². The van der Waals surface area contributed by atoms with Crippen LogP contribution < -0.4 is 9.80 Å². The number of nitrogens with zero attached hydrogens (tertiary/aromatic N) is 2. The van der Waals surface area contributed by atoms with Gasteiger partial charge >= 0.3 is 0 Å². The van der Waals surface area contributed by atoms with E-state index in [9.17, 15) is 0 Å². The van der Waals surface area contributed by atoms with E-state index in [1.807, 2.05) is 0 Å². The summed E-state index contributed by atoms with van der Waals surface area (Å²) in [5.74, 6) is 0. The van der Waals surface area contributed by atoms with Gasteiger partial charge < -0.3 is 9.80 Å². The molecule has 4 spiro atoms. The van der Waals surface area contributed by atoms with Crippen molar-refractivity contribution in [2.45, 2.75) is 21.7 Å². The molecule has 57 aromatic carbocycles. The van der Waals surface area contributed by atoms with Gasteiger partial charge in [-0.2, -0.15) is 0 Å². The van der Waals surface area contributed by atoms with Crippen molar-refractivity contribution in [1.82, 2.24) is 0 Å². The van der Waals surface area contributed by atoms with Crippen LogP contribution in [0.15, 0.2) is 24.3 Å². The number of hydrogen-bond donors (Lipinski definition) is 0. The second-order valence-electron chi connectivity index (χ2n) is 50.3. The molecule has 67 rings (SSSR count). The van der Waals surface area contributed by atoms with E-state index in [0.29, 0.717) is 0 Å². The standard InChI is InChI=1S/C130H12N2/c1-2-10(132-7-129-123-107-91-71-51-35-19-13-14-21-29-27(19)43-57-45(29)65-53-37(21)38-22(14)30-28-20(13)36(35)52-64-44(28)58-46(30)66-54(38)74-73(53)93-81(65)101-85(57)99(79(91)63(43)51)115(123)117(101)125-109(93)110-94(74)82(66)102-86(58)100-80(64)92(72(52)71)108(107)124(129)116(100)118(102)126(110)130(125,129)8-132)4-3-9(1)131-5-127-119-103-87-67-47-31-15-11-12-17-25-23(15)39-55-41(25)61-49-33(17)34-18(12)26-24-16(11)32(31)48-60-40(24)56-42(26)62-50(34)70-69(49)89-77(61)97-83(55)95(75(87)59(39)47)111(119)113(97)121-105(89)106-90(70)78(62)98-84(56)96-76(60)88(68(48)67)104(103)120(127)112(96)114(98)122(106)128(121,127)6-131/h1-4H,5-8H2. The monoisotopic (exact) mass is 1600 g/mol. The maximum Gasteiger partial charge on any atom is 0.0558 e. The minimum atomic E-state index is -0.335. The Morgan fingerprint density at radius 1 is 0.0909 bits per heavy atom. The van der Waals surface area contributed by atoms with E-state index >= 15 is 0 Å². The summed E-state index contributed by atoms with van der Waals surface area (Å²) in [6.45, 7) is 3.98. The van der Waals surface area contributed by atoms with Gasteiger partial charge in [-0.1, -0.05) is 0 Å². The maximum absolute atomic E-state index is 3.14. The molecule has 132 heavy (non-hydrogen) atoms. The fraction of sp³-hybridized carbons (Fsp3) is 0.0615. The molecule has 0 bridgehead atoms. The van der Waals surface area contributed by atoms with Crippen LogP contribution in [0.25, 0.3) is 582 Å². The first-order valence-electron chi connectivity index (χ1n) is 49.9. The van der Waals surface area contributed by atoms with Gasteiger partial charge in [0, 0.05) is 37.6 Å². The molecule has 2 aliphatic heterocycles. The highest BCUT2D eigenvalue weighted by Gasteiger charge is 2.77. The molecule has 2 saturated heterocycles. The van der Waals surface area contributed by atoms with Crippen LogP contribution in [0.3, 0.4) is 0 Å². The van der Waals surface area contributed by atoms with Crippen molar-refractivity contribution in [2.75, 3.05) is 36.0 Å². The van der Waals surface area contributed by atoms with Gasteiger partial charge in [-0.3, -0.25) is 0 Å². The summed E-state index contributed by atoms with van der Waals surface area (Å²) < 4.78 is 0. The predicted octanol–water partition coefficient (Wildman–Crippen LogP) is 33.9. The quantitative estimate of drug-likeness (QED) is 0.159. The summed E-state index contributed by atoms with van der Waals surface area (Å²) >= 11 is 0. The summed E-state index contributed by atoms with van der Waals surface area (Å²) in [5, 5.41) is 182. The fourth-order valence-corrected chi connectivity index (χ4v) is 50.8. The lowest BCUT2D eigenvalue weighted by Gasteiger charge is -2.49. The van der Waals surface area contributed by atoms with Crippen LogP contribution in [0, 0.1) is 0 Å². The van der Waals surface area contributed by atoms with Gasteiger partial charge in [0.1, 0.15) is 0 Å². The zero-order chi connectivity index (χ0) is 76.9. The molecule has 0 saturated carbocycles. The average Bonchev–Trinajstić information content (AvgIpc) is 1.38. The zero-order valence-corrected chi connectivity index (χ0v) is 67.0. The van der Waals surface area contributed by atoms with E-state index in [1.165, 1.54) is 11.4 Å². The van der Waals surface area contributed by atoms with E-state index in [1.54, 1.807) is 626 Å². The van der Waals surface area contributed by atoms with Gasteiger partial charge in [-0.15, -0.1) is 0 Å². The van der Waals surface area contributed by atoms with Crippen molar-refractivity contribution in [1.29, 1.82) is 0 Å². The van der Waals surface area contributed by atoms with Crippen LogP contribution in [-0.4, -0.2) is 26.2 Å². The van der Waals surface area contributed by atoms with Gasteiger partial charge in [-0.25, -0.2) is 0 Å². The van der Waals surface area contributed by atoms with Crippen LogP contribution in [0.4, 0.5) is 11.4 Å². The number of benzene rings is 37. The van der Waals surface area contributed by atoms with Crippen LogP contribution in [0.1, 0.15) is 44.5 Å². The van der Waals surface area contributed by atoms with Crippen molar-refractivity contribution >= 4 is 593 Å². The van der Waals surface area contributed by atoms with E-state index in [-0.39, 0.29) is 21.7 Å². The highest BCUT2D eigenvalue weighted by Crippen LogP contribution is 2.91. The van der Waals surface area contributed by atoms with E-state index < -0.39 is 0 Å². The minimum absolute atomic E-state index is 0.335. The van der Waals surface area contributed by atoms with E-state index in [4.69, 9.17) is 0 Å². The molecule has 2 heterocycles. The average molecular weight is 1600 g/mol. The SMILES string of the molecule is c1cc(N2CC34c5c6c7c8c9c%10c(c%11c%12c3c3c5c5c%13c6c6c7c7c9c9c%14c%10c%10c%11c%11c%12c%12c3c3c5c5c%13c%13c6c6c7c9c7c9c%14c%10c%10c%11c%11c%12c3c3c5c5c%13c6c7c6c9c%10c%11c3c56)C84C2)ccc1N1CC23c4c5c6c7c8c9c(c%10c%11c2c2c4c4c%12c5c5c6c6c8c8c%13c9c9c%10c%10c%11c%11c2c2c4c4c%12c%12c5c5c6c8c6c8c%13c9c9c%10c%10c%11c2c2c4c4c%12c5c6c5c8c9c%10c2c45)C73C1. The topological polar surface area (TPSA) is 6.48 Å². The Balaban J connectivity index is 0.528. The summed E-state index contributed by atoms with van der Waals surface area (Å²) in [6.07, 6.45) is 0. The summed E-state index contributed by atoms with van der Waals surface area (Å²) in [7, 11) is 0. The van der Waals surface area contributed by atoms with Crippen molar-refractivity contribution in [2.24, 2.45) is 0 Å². The van der Waals surface area contributed by atoms with Crippen LogP contribution in [-0.2, 0) is 21.7 Å². The highest BCUT2D eigenvalue weighted by atomic mass is 15.2. The molecule has 2 nitrogen and oxygen atoms in total. The second-order valence-corrected chi connectivity index (χ2v) is 50.3. The normalized spacial score (nSPS) is 23.4. The second kappa shape index (κ2) is 10.5. The van der Waals surface area contributed by atoms with E-state index in [0.717, 1.165) is 26.2 Å². The van der Waals surface area contributed by atoms with Gasteiger partial charge in [0.25, 0.3) is 0 Å². The summed E-state index contributed by atoms with van der Waals surface area (Å²) in [5.41, 5.74) is 15.9. The number of anilines is 2. The number of rotatable bonds is 2. The lowest BCUT2D eigenvalue weighted by atomic mass is 9.50. The third kappa shape index (κ3) is 2.45. The Labute approximate surface area is 714 Å². The number of hydrogen-bond acceptors (Lipinski definition) is 2. The molecule has 8 aliphatic carbocycles. The summed E-state index contributed by atoms with van der Waals surface area (Å²) in [6, 6.07) is 11.1. The first kappa shape index (κ1) is 47.2. The molecule has 0 aromatic heterocycles. The van der Waals surface area contributed by atoms with Crippen LogP contribution in [0.5, 0.6) is 0 Å². The lowest BCUT2D eigenvalue weighted by molar-refractivity contribution is 0.415. The molecular formula is C130H12N2. The molecule has 542 valence electrons. The third-order valence-electron chi connectivity index (χ3n) is 50.7. The first-order chi connectivity index (χ1) is 65.8. The Hall–Kier alpha value is -16.3. The molecule has 0 unspecified atom stereocenters. The Bertz CT molecular complexity index is 14100. The van der Waals surface area contributed by atoms with Gasteiger partial charge in [0.2, 0.25) is 0 Å². The van der Waals surface area contributed by atoms with Crippen molar-refractivity contribution in [3.8, 4) is 0 Å². The van der Waals surface area contributed by atoms with Crippen molar-refractivity contribution in [3.63, 3.8) is 0 Å². The molecule has 57 aromatic rings. The Morgan fingerprint density at radius 3 is 0.220 bits per heavy atom. The molecule has 0 atom stereocenters. The van der Waals surface area contributed by atoms with Crippen LogP contribution in [0.2, 0.25) is 0 Å². The molecule has 0 amide bonds. The Kier molecular flexibility index (Phi) is 3.76. The smallest absolute Gasteiger partial charge is 0.0558 e. The lowest BCUT2D eigenvalue weighted by Crippen LogP contribution is -2.51. The fourth-order valence-electron chi connectivity index (χ4n) is 50.8. The molecule has 0 radical (unpaired) electrons. The van der Waals surface area contributed by atoms with Crippen molar-refractivity contribution < 1.29 is 0 Å². The molecule has 0 N–H and O–H groups in total. The van der Waals surface area contributed by atoms with Gasteiger partial charge in [0.15, 0.2) is 0 Å². The van der Waals surface area contributed by atoms with Gasteiger partial charge in [0.05, 0.1) is 21.7 Å². The largest absolute Gasteiger partial charge is 0.369 e. The predicted molar refractivity (Wildman–Crippen MR) is 559 cm³/mol. The third-order valence-corrected chi connectivity index (χ3v) is 50.7. The molecule has 2 heteroatoms. The first-order valence-corrected chi connectivity index (χ1v) is 49.9. The zero-order valence-electron chi connectivity index (χ0n) is 67.0. The minimum Gasteiger partial charge on any atom is -0.369 e. The highest BCUT2D eigenvalue weighted by molar-refractivity contribution is 6.88. The van der Waals surface area contributed by atoms with Crippen molar-refractivity contribution in [3.05, 3.63) is 68.8 Å². The molecule has 2 fully saturated rings. The Morgan fingerprint density at radius 2 is 0.152 bits per heavy atom. The summed E-state index contributed by atoms with van der Waals surface area (Å²) in [4.78, 5) is 6.29. The molecule has 10 aliphatic rings. The molecular weight excluding hydrogens is 1590 g/mol. The van der Waals surface area contributed by atoms with E-state index in [2.05, 4.69) is 34.1 Å².